The van der Waals surface area contributed by atoms with Crippen molar-refractivity contribution in [1.29, 1.82) is 0 Å². The molecule has 0 spiro atoms. The average Bonchev–Trinajstić information content (AvgIpc) is 2.93. The fourth-order valence-electron chi connectivity index (χ4n) is 4.13. The number of carbonyl (C=O) groups excluding carboxylic acids is 2. The van der Waals surface area contributed by atoms with Crippen LogP contribution in [0.15, 0.2) is 83.7 Å². The maximum Gasteiger partial charge on any atom is 0.268 e. The van der Waals surface area contributed by atoms with Gasteiger partial charge in [-0.25, -0.2) is 0 Å². The van der Waals surface area contributed by atoms with E-state index in [0.717, 1.165) is 11.1 Å². The minimum absolute atomic E-state index is 0.0904. The number of ether oxygens (including phenoxy) is 1. The number of fused-ring (bicyclic) bond motifs is 1. The standard InChI is InChI=1S/C29H29N3O5/c1-18-25(31-23-11-7-6-10-22(23)26(18)33)28(35)32-24(16-19-8-4-3-5-9-19)27(34)29(36)30-17-20-12-14-21(37-2)15-13-20/h3-15,24,27,34H,16-17H2,1-2H3,(H,30,36)(H,31,33)(H,32,35)/t24-,27+/m0/s1. The molecule has 0 aliphatic rings. The summed E-state index contributed by atoms with van der Waals surface area (Å²) < 4.78 is 5.14. The van der Waals surface area contributed by atoms with E-state index in [0.29, 0.717) is 16.7 Å². The molecule has 1 aromatic heterocycles. The number of methoxy groups -OCH3 is 1. The first-order valence-corrected chi connectivity index (χ1v) is 11.9. The molecular formula is C29H29N3O5. The first-order valence-electron chi connectivity index (χ1n) is 11.9. The maximum absolute atomic E-state index is 13.3. The molecule has 0 fully saturated rings. The van der Waals surface area contributed by atoms with Crippen molar-refractivity contribution in [1.82, 2.24) is 15.6 Å². The van der Waals surface area contributed by atoms with Crippen molar-refractivity contribution in [2.45, 2.75) is 32.0 Å². The van der Waals surface area contributed by atoms with Crippen molar-refractivity contribution >= 4 is 22.7 Å². The van der Waals surface area contributed by atoms with E-state index in [-0.39, 0.29) is 29.7 Å². The Morgan fingerprint density at radius 3 is 2.32 bits per heavy atom. The van der Waals surface area contributed by atoms with Gasteiger partial charge in [0.15, 0.2) is 11.5 Å². The SMILES string of the molecule is COc1ccc(CNC(=O)[C@H](O)[C@H](Cc2ccccc2)NC(=O)c2[nH]c3ccccc3c(=O)c2C)cc1. The van der Waals surface area contributed by atoms with E-state index >= 15 is 0 Å². The normalized spacial score (nSPS) is 12.5. The summed E-state index contributed by atoms with van der Waals surface area (Å²) in [5.74, 6) is -0.508. The van der Waals surface area contributed by atoms with E-state index in [9.17, 15) is 19.5 Å². The van der Waals surface area contributed by atoms with Crippen molar-refractivity contribution in [2.75, 3.05) is 7.11 Å². The summed E-state index contributed by atoms with van der Waals surface area (Å²) >= 11 is 0. The molecule has 4 N–H and O–H groups in total. The fraction of sp³-hybridized carbons (Fsp3) is 0.207. The number of benzene rings is 3. The number of carbonyl (C=O) groups is 2. The van der Waals surface area contributed by atoms with Gasteiger partial charge < -0.3 is 25.5 Å². The van der Waals surface area contributed by atoms with Crippen LogP contribution < -0.4 is 20.8 Å². The molecule has 8 nitrogen and oxygen atoms in total. The fourth-order valence-corrected chi connectivity index (χ4v) is 4.13. The molecule has 0 radical (unpaired) electrons. The number of rotatable bonds is 9. The predicted molar refractivity (Wildman–Crippen MR) is 142 cm³/mol. The van der Waals surface area contributed by atoms with E-state index in [1.165, 1.54) is 0 Å². The molecule has 0 saturated carbocycles. The lowest BCUT2D eigenvalue weighted by Crippen LogP contribution is -2.52. The van der Waals surface area contributed by atoms with E-state index in [2.05, 4.69) is 15.6 Å². The van der Waals surface area contributed by atoms with Crippen molar-refractivity contribution in [2.24, 2.45) is 0 Å². The highest BCUT2D eigenvalue weighted by Gasteiger charge is 2.29. The molecular weight excluding hydrogens is 470 g/mol. The van der Waals surface area contributed by atoms with Crippen LogP contribution in [0.4, 0.5) is 0 Å². The molecule has 2 atom stereocenters. The Hall–Kier alpha value is -4.43. The summed E-state index contributed by atoms with van der Waals surface area (Å²) in [7, 11) is 1.57. The van der Waals surface area contributed by atoms with Crippen molar-refractivity contribution in [3.05, 3.63) is 111 Å². The van der Waals surface area contributed by atoms with Gasteiger partial charge in [0.1, 0.15) is 11.4 Å². The summed E-state index contributed by atoms with van der Waals surface area (Å²) in [4.78, 5) is 42.0. The van der Waals surface area contributed by atoms with Gasteiger partial charge in [-0.15, -0.1) is 0 Å². The van der Waals surface area contributed by atoms with Crippen LogP contribution in [0.3, 0.4) is 0 Å². The third kappa shape index (κ3) is 6.05. The molecule has 4 aromatic rings. The number of amides is 2. The Morgan fingerprint density at radius 2 is 1.62 bits per heavy atom. The highest BCUT2D eigenvalue weighted by atomic mass is 16.5. The van der Waals surface area contributed by atoms with Crippen molar-refractivity contribution in [3.63, 3.8) is 0 Å². The quantitative estimate of drug-likeness (QED) is 0.282. The lowest BCUT2D eigenvalue weighted by Gasteiger charge is -2.24. The van der Waals surface area contributed by atoms with Crippen LogP contribution in [-0.2, 0) is 17.8 Å². The summed E-state index contributed by atoms with van der Waals surface area (Å²) in [6.07, 6.45) is -1.32. The van der Waals surface area contributed by atoms with Gasteiger partial charge in [-0.1, -0.05) is 54.6 Å². The molecule has 0 aliphatic heterocycles. The highest BCUT2D eigenvalue weighted by Crippen LogP contribution is 2.14. The Balaban J connectivity index is 1.54. The molecule has 2 amide bonds. The zero-order valence-corrected chi connectivity index (χ0v) is 20.7. The summed E-state index contributed by atoms with van der Waals surface area (Å²) in [5, 5.41) is 16.9. The van der Waals surface area contributed by atoms with E-state index < -0.39 is 24.0 Å². The predicted octanol–water partition coefficient (Wildman–Crippen LogP) is 2.86. The van der Waals surface area contributed by atoms with Crippen LogP contribution >= 0.6 is 0 Å². The van der Waals surface area contributed by atoms with Gasteiger partial charge >= 0.3 is 0 Å². The minimum atomic E-state index is -1.53. The van der Waals surface area contributed by atoms with Gasteiger partial charge in [0.05, 0.1) is 13.2 Å². The molecule has 0 unspecified atom stereocenters. The van der Waals surface area contributed by atoms with Crippen LogP contribution in [0, 0.1) is 6.92 Å². The highest BCUT2D eigenvalue weighted by molar-refractivity contribution is 5.97. The van der Waals surface area contributed by atoms with Crippen LogP contribution in [0.25, 0.3) is 10.9 Å². The smallest absolute Gasteiger partial charge is 0.268 e. The number of pyridine rings is 1. The molecule has 8 heteroatoms. The van der Waals surface area contributed by atoms with Crippen LogP contribution in [0.5, 0.6) is 5.75 Å². The molecule has 4 rings (SSSR count). The average molecular weight is 500 g/mol. The summed E-state index contributed by atoms with van der Waals surface area (Å²) in [5.41, 5.74) is 2.28. The number of nitrogens with one attached hydrogen (secondary N) is 3. The molecule has 3 aromatic carbocycles. The molecule has 0 aliphatic carbocycles. The Morgan fingerprint density at radius 1 is 0.946 bits per heavy atom. The van der Waals surface area contributed by atoms with Crippen LogP contribution in [-0.4, -0.2) is 41.2 Å². The second-order valence-corrected chi connectivity index (χ2v) is 8.78. The Labute approximate surface area is 214 Å². The van der Waals surface area contributed by atoms with Gasteiger partial charge in [0.25, 0.3) is 11.8 Å². The number of hydrogen-bond acceptors (Lipinski definition) is 5. The molecule has 0 bridgehead atoms. The third-order valence-corrected chi connectivity index (χ3v) is 6.26. The molecule has 0 saturated heterocycles. The second kappa shape index (κ2) is 11.5. The lowest BCUT2D eigenvalue weighted by atomic mass is 9.99. The van der Waals surface area contributed by atoms with Crippen molar-refractivity contribution in [3.8, 4) is 5.75 Å². The number of H-pyrrole nitrogens is 1. The molecule has 190 valence electrons. The minimum Gasteiger partial charge on any atom is -0.497 e. The number of aliphatic hydroxyl groups is 1. The van der Waals surface area contributed by atoms with E-state index in [1.54, 1.807) is 50.4 Å². The van der Waals surface area contributed by atoms with E-state index in [1.807, 2.05) is 42.5 Å². The first-order chi connectivity index (χ1) is 17.9. The number of aliphatic hydroxyl groups excluding tert-OH is 1. The number of para-hydroxylation sites is 1. The first kappa shape index (κ1) is 25.7. The number of aromatic amines is 1. The van der Waals surface area contributed by atoms with Crippen molar-refractivity contribution < 1.29 is 19.4 Å². The summed E-state index contributed by atoms with van der Waals surface area (Å²) in [6, 6.07) is 22.4. The number of aromatic nitrogens is 1. The van der Waals surface area contributed by atoms with Crippen LogP contribution in [0.2, 0.25) is 0 Å². The Kier molecular flexibility index (Phi) is 8.00. The maximum atomic E-state index is 13.3. The molecule has 37 heavy (non-hydrogen) atoms. The van der Waals surface area contributed by atoms with Gasteiger partial charge in [-0.05, 0) is 48.7 Å². The largest absolute Gasteiger partial charge is 0.497 e. The molecule has 1 heterocycles. The number of hydrogen-bond donors (Lipinski definition) is 4. The van der Waals surface area contributed by atoms with Gasteiger partial charge in [0, 0.05) is 23.0 Å². The Bertz CT molecular complexity index is 1450. The zero-order valence-electron chi connectivity index (χ0n) is 20.7. The summed E-state index contributed by atoms with van der Waals surface area (Å²) in [6.45, 7) is 1.77. The van der Waals surface area contributed by atoms with E-state index in [4.69, 9.17) is 4.74 Å². The van der Waals surface area contributed by atoms with Crippen LogP contribution in [0.1, 0.15) is 27.2 Å². The monoisotopic (exact) mass is 499 g/mol. The lowest BCUT2D eigenvalue weighted by molar-refractivity contribution is -0.130. The zero-order chi connectivity index (χ0) is 26.4. The third-order valence-electron chi connectivity index (χ3n) is 6.26. The van der Waals surface area contributed by atoms with Gasteiger partial charge in [0.2, 0.25) is 0 Å². The second-order valence-electron chi connectivity index (χ2n) is 8.78. The van der Waals surface area contributed by atoms with Gasteiger partial charge in [-0.3, -0.25) is 14.4 Å². The van der Waals surface area contributed by atoms with Gasteiger partial charge in [-0.2, -0.15) is 0 Å². The topological polar surface area (TPSA) is 121 Å².